The van der Waals surface area contributed by atoms with Crippen LogP contribution in [0.25, 0.3) is 0 Å². The molecule has 0 bridgehead atoms. The number of hydrogen-bond acceptors (Lipinski definition) is 6. The van der Waals surface area contributed by atoms with Crippen molar-refractivity contribution in [1.82, 2.24) is 0 Å². The number of amides is 1. The average Bonchev–Trinajstić information content (AvgIpc) is 2.57. The lowest BCUT2D eigenvalue weighted by molar-refractivity contribution is -0.384. The summed E-state index contributed by atoms with van der Waals surface area (Å²) in [6.45, 7) is 1.37. The molecule has 9 heteroatoms. The van der Waals surface area contributed by atoms with Gasteiger partial charge < -0.3 is 15.2 Å². The van der Waals surface area contributed by atoms with Gasteiger partial charge in [0, 0.05) is 22.3 Å². The molecule has 1 amide bonds. The first-order valence-corrected chi connectivity index (χ1v) is 7.82. The van der Waals surface area contributed by atoms with Crippen LogP contribution < -0.4 is 5.32 Å². The molecule has 0 aliphatic rings. The zero-order valence-electron chi connectivity index (χ0n) is 12.9. The molecule has 0 aliphatic carbocycles. The fourth-order valence-corrected chi connectivity index (χ4v) is 2.22. The summed E-state index contributed by atoms with van der Waals surface area (Å²) < 4.78 is 5.60. The molecule has 0 aliphatic heterocycles. The molecule has 1 atom stereocenters. The number of anilines is 1. The van der Waals surface area contributed by atoms with Crippen molar-refractivity contribution in [3.8, 4) is 5.75 Å². The Hall–Kier alpha value is -2.94. The summed E-state index contributed by atoms with van der Waals surface area (Å²) in [5.74, 6) is -1.74. The van der Waals surface area contributed by atoms with Crippen LogP contribution in [0.1, 0.15) is 17.3 Å². The van der Waals surface area contributed by atoms with E-state index in [1.54, 1.807) is 6.07 Å². The van der Waals surface area contributed by atoms with E-state index >= 15 is 0 Å². The van der Waals surface area contributed by atoms with Crippen molar-refractivity contribution in [2.75, 3.05) is 5.32 Å². The minimum Gasteiger partial charge on any atom is -0.507 e. The molecule has 0 heterocycles. The third-order valence-electron chi connectivity index (χ3n) is 3.18. The lowest BCUT2D eigenvalue weighted by Gasteiger charge is -2.14. The van der Waals surface area contributed by atoms with Gasteiger partial charge in [-0.25, -0.2) is 4.79 Å². The summed E-state index contributed by atoms with van der Waals surface area (Å²) in [6.07, 6.45) is -1.14. The van der Waals surface area contributed by atoms with Gasteiger partial charge in [0.15, 0.2) is 6.10 Å². The molecule has 0 radical (unpaired) electrons. The van der Waals surface area contributed by atoms with Crippen molar-refractivity contribution in [3.05, 3.63) is 62.6 Å². The zero-order valence-corrected chi connectivity index (χ0v) is 14.5. The second-order valence-electron chi connectivity index (χ2n) is 5.00. The summed E-state index contributed by atoms with van der Waals surface area (Å²) in [4.78, 5) is 34.1. The Labute approximate surface area is 150 Å². The molecular formula is C16H13BrN2O6. The number of benzene rings is 2. The first-order chi connectivity index (χ1) is 11.8. The van der Waals surface area contributed by atoms with Crippen molar-refractivity contribution in [1.29, 1.82) is 0 Å². The van der Waals surface area contributed by atoms with Crippen LogP contribution in [0.15, 0.2) is 46.9 Å². The minimum absolute atomic E-state index is 0.0793. The lowest BCUT2D eigenvalue weighted by atomic mass is 10.2. The molecule has 0 spiro atoms. The Balaban J connectivity index is 2.01. The van der Waals surface area contributed by atoms with E-state index < -0.39 is 22.9 Å². The normalized spacial score (nSPS) is 11.4. The SMILES string of the molecule is CC(OC(=O)c1cc(Br)ccc1O)C(=O)Nc1ccc([N+](=O)[O-])cc1. The largest absolute Gasteiger partial charge is 0.507 e. The minimum atomic E-state index is -1.14. The van der Waals surface area contributed by atoms with E-state index in [4.69, 9.17) is 4.74 Å². The molecule has 0 saturated carbocycles. The standard InChI is InChI=1S/C16H13BrN2O6/c1-9(25-16(22)13-8-10(17)2-7-14(13)20)15(21)18-11-3-5-12(6-4-11)19(23)24/h2-9,20H,1H3,(H,18,21). The molecular weight excluding hydrogens is 396 g/mol. The second kappa shape index (κ2) is 7.75. The van der Waals surface area contributed by atoms with Crippen LogP contribution in [0.5, 0.6) is 5.75 Å². The Bertz CT molecular complexity index is 822. The van der Waals surface area contributed by atoms with Gasteiger partial charge in [-0.15, -0.1) is 0 Å². The van der Waals surface area contributed by atoms with Gasteiger partial charge in [-0.05, 0) is 37.3 Å². The second-order valence-corrected chi connectivity index (χ2v) is 5.92. The van der Waals surface area contributed by atoms with Crippen LogP contribution in [0.4, 0.5) is 11.4 Å². The smallest absolute Gasteiger partial charge is 0.342 e. The molecule has 2 N–H and O–H groups in total. The van der Waals surface area contributed by atoms with Gasteiger partial charge in [0.05, 0.1) is 4.92 Å². The molecule has 8 nitrogen and oxygen atoms in total. The Morgan fingerprint density at radius 3 is 2.48 bits per heavy atom. The summed E-state index contributed by atoms with van der Waals surface area (Å²) in [5, 5.41) is 22.8. The predicted molar refractivity (Wildman–Crippen MR) is 92.4 cm³/mol. The van der Waals surface area contributed by atoms with Gasteiger partial charge in [-0.1, -0.05) is 15.9 Å². The topological polar surface area (TPSA) is 119 Å². The highest BCUT2D eigenvalue weighted by molar-refractivity contribution is 9.10. The van der Waals surface area contributed by atoms with Crippen molar-refractivity contribution in [2.24, 2.45) is 0 Å². The first kappa shape index (κ1) is 18.4. The number of ether oxygens (including phenoxy) is 1. The van der Waals surface area contributed by atoms with Crippen LogP contribution in [0, 0.1) is 10.1 Å². The molecule has 2 aromatic carbocycles. The van der Waals surface area contributed by atoms with E-state index in [2.05, 4.69) is 21.2 Å². The molecule has 0 fully saturated rings. The summed E-state index contributed by atoms with van der Waals surface area (Å²) in [6, 6.07) is 9.46. The number of phenolic OH excluding ortho intramolecular Hbond substituents is 1. The molecule has 2 aromatic rings. The predicted octanol–water partition coefficient (Wildman–Crippen LogP) is 3.25. The van der Waals surface area contributed by atoms with E-state index in [0.717, 1.165) is 0 Å². The van der Waals surface area contributed by atoms with E-state index in [0.29, 0.717) is 10.2 Å². The van der Waals surface area contributed by atoms with E-state index in [1.807, 2.05) is 0 Å². The quantitative estimate of drug-likeness (QED) is 0.445. The average molecular weight is 409 g/mol. The number of esters is 1. The zero-order chi connectivity index (χ0) is 18.6. The van der Waals surface area contributed by atoms with E-state index in [-0.39, 0.29) is 17.0 Å². The molecule has 130 valence electrons. The van der Waals surface area contributed by atoms with Crippen molar-refractivity contribution in [3.63, 3.8) is 0 Å². The number of phenols is 1. The number of nitro benzene ring substituents is 1. The van der Waals surface area contributed by atoms with Gasteiger partial charge in [-0.3, -0.25) is 14.9 Å². The molecule has 25 heavy (non-hydrogen) atoms. The van der Waals surface area contributed by atoms with Crippen molar-refractivity contribution < 1.29 is 24.4 Å². The third-order valence-corrected chi connectivity index (χ3v) is 3.67. The highest BCUT2D eigenvalue weighted by Gasteiger charge is 2.21. The number of carbonyl (C=O) groups is 2. The highest BCUT2D eigenvalue weighted by atomic mass is 79.9. The molecule has 2 rings (SSSR count). The van der Waals surface area contributed by atoms with Crippen LogP contribution in [-0.4, -0.2) is 28.0 Å². The maximum Gasteiger partial charge on any atom is 0.342 e. The van der Waals surface area contributed by atoms with Crippen LogP contribution >= 0.6 is 15.9 Å². The van der Waals surface area contributed by atoms with E-state index in [1.165, 1.54) is 43.3 Å². The fourth-order valence-electron chi connectivity index (χ4n) is 1.86. The fraction of sp³-hybridized carbons (Fsp3) is 0.125. The van der Waals surface area contributed by atoms with E-state index in [9.17, 15) is 24.8 Å². The van der Waals surface area contributed by atoms with Crippen molar-refractivity contribution in [2.45, 2.75) is 13.0 Å². The monoisotopic (exact) mass is 408 g/mol. The number of hydrogen-bond donors (Lipinski definition) is 2. The number of aromatic hydroxyl groups is 1. The molecule has 0 saturated heterocycles. The van der Waals surface area contributed by atoms with Gasteiger partial charge in [0.2, 0.25) is 0 Å². The number of nitrogens with one attached hydrogen (secondary N) is 1. The van der Waals surface area contributed by atoms with Crippen LogP contribution in [0.2, 0.25) is 0 Å². The third kappa shape index (κ3) is 4.77. The van der Waals surface area contributed by atoms with Crippen LogP contribution in [0.3, 0.4) is 0 Å². The first-order valence-electron chi connectivity index (χ1n) is 7.02. The maximum absolute atomic E-state index is 12.1. The molecule has 0 aromatic heterocycles. The number of non-ortho nitro benzene ring substituents is 1. The number of halogens is 1. The lowest BCUT2D eigenvalue weighted by Crippen LogP contribution is -2.30. The molecule has 1 unspecified atom stereocenters. The van der Waals surface area contributed by atoms with Crippen molar-refractivity contribution >= 4 is 39.2 Å². The highest BCUT2D eigenvalue weighted by Crippen LogP contribution is 2.23. The summed E-state index contributed by atoms with van der Waals surface area (Å²) in [7, 11) is 0. The summed E-state index contributed by atoms with van der Waals surface area (Å²) >= 11 is 3.17. The van der Waals surface area contributed by atoms with Gasteiger partial charge >= 0.3 is 5.97 Å². The summed E-state index contributed by atoms with van der Waals surface area (Å²) in [5.41, 5.74) is 0.135. The number of nitrogens with zero attached hydrogens (tertiary/aromatic N) is 1. The number of nitro groups is 1. The van der Waals surface area contributed by atoms with Gasteiger partial charge in [0.25, 0.3) is 11.6 Å². The Kier molecular flexibility index (Phi) is 5.71. The van der Waals surface area contributed by atoms with Crippen LogP contribution in [-0.2, 0) is 9.53 Å². The Morgan fingerprint density at radius 2 is 1.88 bits per heavy atom. The number of carbonyl (C=O) groups excluding carboxylic acids is 2. The maximum atomic E-state index is 12.1. The van der Waals surface area contributed by atoms with Gasteiger partial charge in [-0.2, -0.15) is 0 Å². The Morgan fingerprint density at radius 1 is 1.24 bits per heavy atom. The number of rotatable bonds is 5. The van der Waals surface area contributed by atoms with Gasteiger partial charge in [0.1, 0.15) is 11.3 Å².